The Morgan fingerprint density at radius 1 is 1.36 bits per heavy atom. The molecule has 0 radical (unpaired) electrons. The fraction of sp³-hybridized carbons (Fsp3) is 0. The highest BCUT2D eigenvalue weighted by Gasteiger charge is 2.03. The monoisotopic (exact) mass is 150 g/mol. The first-order valence-corrected chi connectivity index (χ1v) is 2.98. The van der Waals surface area contributed by atoms with Crippen LogP contribution in [-0.4, -0.2) is 11.1 Å². The summed E-state index contributed by atoms with van der Waals surface area (Å²) in [5, 5.41) is 15.4. The number of carboxylic acids is 1. The summed E-state index contributed by atoms with van der Waals surface area (Å²) in [4.78, 5) is 10.3. The SMILES string of the molecule is O=C(O)C1=C/C=C\C=C/N=N1. The van der Waals surface area contributed by atoms with Gasteiger partial charge in [0.15, 0.2) is 5.70 Å². The van der Waals surface area contributed by atoms with E-state index in [4.69, 9.17) is 5.11 Å². The van der Waals surface area contributed by atoms with Gasteiger partial charge in [-0.15, -0.1) is 5.11 Å². The Balaban J connectivity index is 2.87. The first-order valence-electron chi connectivity index (χ1n) is 2.98. The van der Waals surface area contributed by atoms with Gasteiger partial charge in [-0.1, -0.05) is 12.2 Å². The fourth-order valence-electron chi connectivity index (χ4n) is 0.542. The van der Waals surface area contributed by atoms with Gasteiger partial charge < -0.3 is 5.11 Å². The third kappa shape index (κ3) is 2.17. The van der Waals surface area contributed by atoms with Gasteiger partial charge in [0.05, 0.1) is 0 Å². The van der Waals surface area contributed by atoms with E-state index >= 15 is 0 Å². The van der Waals surface area contributed by atoms with Crippen LogP contribution in [0.5, 0.6) is 0 Å². The van der Waals surface area contributed by atoms with Crippen molar-refractivity contribution in [2.75, 3.05) is 0 Å². The van der Waals surface area contributed by atoms with Gasteiger partial charge in [0.25, 0.3) is 0 Å². The van der Waals surface area contributed by atoms with Gasteiger partial charge >= 0.3 is 5.97 Å². The summed E-state index contributed by atoms with van der Waals surface area (Å²) in [6.45, 7) is 0. The Bertz CT molecular complexity index is 274. The summed E-state index contributed by atoms with van der Waals surface area (Å²) < 4.78 is 0. The molecular formula is C7H6N2O2. The van der Waals surface area contributed by atoms with Crippen molar-refractivity contribution in [1.82, 2.24) is 0 Å². The predicted molar refractivity (Wildman–Crippen MR) is 38.9 cm³/mol. The van der Waals surface area contributed by atoms with Gasteiger partial charge in [-0.05, 0) is 12.2 Å². The second-order valence-electron chi connectivity index (χ2n) is 1.80. The van der Waals surface area contributed by atoms with E-state index in [1.165, 1.54) is 12.3 Å². The van der Waals surface area contributed by atoms with Gasteiger partial charge in [-0.25, -0.2) is 4.79 Å². The van der Waals surface area contributed by atoms with Crippen LogP contribution in [0.1, 0.15) is 0 Å². The summed E-state index contributed by atoms with van der Waals surface area (Å²) in [5.74, 6) is -1.08. The lowest BCUT2D eigenvalue weighted by atomic mass is 10.3. The number of carbonyl (C=O) groups is 1. The molecule has 11 heavy (non-hydrogen) atoms. The summed E-state index contributed by atoms with van der Waals surface area (Å²) in [7, 11) is 0. The van der Waals surface area contributed by atoms with E-state index in [0.29, 0.717) is 0 Å². The molecule has 0 atom stereocenters. The van der Waals surface area contributed by atoms with E-state index in [1.807, 2.05) is 0 Å². The summed E-state index contributed by atoms with van der Waals surface area (Å²) >= 11 is 0. The molecule has 1 aliphatic heterocycles. The van der Waals surface area contributed by atoms with Crippen molar-refractivity contribution < 1.29 is 9.90 Å². The first-order chi connectivity index (χ1) is 5.30. The van der Waals surface area contributed by atoms with Crippen molar-refractivity contribution in [1.29, 1.82) is 0 Å². The number of aliphatic carboxylic acids is 1. The molecule has 0 bridgehead atoms. The van der Waals surface area contributed by atoms with Gasteiger partial charge in [0.2, 0.25) is 0 Å². The molecule has 1 rings (SSSR count). The third-order valence-electron chi connectivity index (χ3n) is 1.01. The van der Waals surface area contributed by atoms with Crippen LogP contribution in [0.2, 0.25) is 0 Å². The van der Waals surface area contributed by atoms with Crippen molar-refractivity contribution in [3.8, 4) is 0 Å². The van der Waals surface area contributed by atoms with Crippen LogP contribution < -0.4 is 0 Å². The van der Waals surface area contributed by atoms with Crippen LogP contribution in [0.25, 0.3) is 0 Å². The highest BCUT2D eigenvalue weighted by Crippen LogP contribution is 2.01. The molecule has 0 aromatic rings. The van der Waals surface area contributed by atoms with E-state index in [0.717, 1.165) is 0 Å². The molecule has 0 unspecified atom stereocenters. The van der Waals surface area contributed by atoms with E-state index in [2.05, 4.69) is 10.2 Å². The molecule has 4 nitrogen and oxygen atoms in total. The van der Waals surface area contributed by atoms with Crippen LogP contribution in [0.4, 0.5) is 0 Å². The lowest BCUT2D eigenvalue weighted by Crippen LogP contribution is -1.96. The lowest BCUT2D eigenvalue weighted by Gasteiger charge is -1.90. The number of nitrogens with zero attached hydrogens (tertiary/aromatic N) is 2. The number of rotatable bonds is 1. The zero-order chi connectivity index (χ0) is 8.10. The van der Waals surface area contributed by atoms with Gasteiger partial charge in [0.1, 0.15) is 0 Å². The molecule has 0 aromatic heterocycles. The average Bonchev–Trinajstić information content (AvgIpc) is 1.84. The van der Waals surface area contributed by atoms with Crippen LogP contribution in [-0.2, 0) is 4.79 Å². The van der Waals surface area contributed by atoms with Crippen LogP contribution >= 0.6 is 0 Å². The molecular weight excluding hydrogens is 144 g/mol. The first kappa shape index (κ1) is 7.40. The Labute approximate surface area is 63.3 Å². The summed E-state index contributed by atoms with van der Waals surface area (Å²) in [6.07, 6.45) is 7.75. The van der Waals surface area contributed by atoms with Crippen LogP contribution in [0.3, 0.4) is 0 Å². The normalized spacial score (nSPS) is 21.3. The van der Waals surface area contributed by atoms with Gasteiger partial charge in [-0.2, -0.15) is 5.11 Å². The highest BCUT2D eigenvalue weighted by atomic mass is 16.4. The Kier molecular flexibility index (Phi) is 2.32. The molecule has 0 saturated carbocycles. The average molecular weight is 150 g/mol. The molecule has 0 aliphatic carbocycles. The van der Waals surface area contributed by atoms with Crippen molar-refractivity contribution in [2.24, 2.45) is 10.2 Å². The minimum Gasteiger partial charge on any atom is -0.476 e. The topological polar surface area (TPSA) is 62.0 Å². The molecule has 0 amide bonds. The van der Waals surface area contributed by atoms with E-state index in [-0.39, 0.29) is 5.70 Å². The number of azo groups is 1. The van der Waals surface area contributed by atoms with Gasteiger partial charge in [0, 0.05) is 6.20 Å². The third-order valence-corrected chi connectivity index (χ3v) is 1.01. The zero-order valence-electron chi connectivity index (χ0n) is 5.64. The predicted octanol–water partition coefficient (Wildman–Crippen LogP) is 1.49. The Hall–Kier alpha value is -1.71. The lowest BCUT2D eigenvalue weighted by molar-refractivity contribution is -0.132. The summed E-state index contributed by atoms with van der Waals surface area (Å²) in [5.41, 5.74) is -0.0643. The molecule has 0 fully saturated rings. The molecule has 4 heteroatoms. The number of allylic oxidation sites excluding steroid dienone is 4. The minimum absolute atomic E-state index is 0.0643. The van der Waals surface area contributed by atoms with Crippen molar-refractivity contribution >= 4 is 5.97 Å². The molecule has 1 heterocycles. The van der Waals surface area contributed by atoms with Crippen molar-refractivity contribution in [3.05, 3.63) is 36.2 Å². The largest absolute Gasteiger partial charge is 0.476 e. The fourth-order valence-corrected chi connectivity index (χ4v) is 0.542. The maximum absolute atomic E-state index is 10.3. The quantitative estimate of drug-likeness (QED) is 0.615. The smallest absolute Gasteiger partial charge is 0.356 e. The van der Waals surface area contributed by atoms with Crippen molar-refractivity contribution in [2.45, 2.75) is 0 Å². The highest BCUT2D eigenvalue weighted by molar-refractivity contribution is 5.86. The van der Waals surface area contributed by atoms with Crippen LogP contribution in [0.15, 0.2) is 46.4 Å². The Morgan fingerprint density at radius 2 is 2.18 bits per heavy atom. The van der Waals surface area contributed by atoms with Crippen LogP contribution in [0, 0.1) is 0 Å². The van der Waals surface area contributed by atoms with E-state index in [9.17, 15) is 4.79 Å². The minimum atomic E-state index is -1.08. The zero-order valence-corrected chi connectivity index (χ0v) is 5.64. The molecule has 0 saturated heterocycles. The number of hydrogen-bond donors (Lipinski definition) is 1. The standard InChI is InChI=1S/C7H6N2O2/c10-7(11)6-4-2-1-3-5-8-9-6/h1-5H,(H,10,11)/b2-1-,3-1?,4-2?,5-3-,6-4?,8-5?,9-6?,9-8?. The second kappa shape index (κ2) is 3.46. The van der Waals surface area contributed by atoms with E-state index in [1.54, 1.807) is 18.2 Å². The molecule has 0 aromatic carbocycles. The number of carboxylic acid groups (broad SMARTS) is 1. The maximum Gasteiger partial charge on any atom is 0.356 e. The molecule has 56 valence electrons. The molecule has 0 spiro atoms. The van der Waals surface area contributed by atoms with Gasteiger partial charge in [-0.3, -0.25) is 0 Å². The van der Waals surface area contributed by atoms with Crippen molar-refractivity contribution in [3.63, 3.8) is 0 Å². The molecule has 1 aliphatic rings. The van der Waals surface area contributed by atoms with E-state index < -0.39 is 5.97 Å². The second-order valence-corrected chi connectivity index (χ2v) is 1.80. The Morgan fingerprint density at radius 3 is 2.91 bits per heavy atom. The summed E-state index contributed by atoms with van der Waals surface area (Å²) in [6, 6.07) is 0. The molecule has 1 N–H and O–H groups in total. The number of hydrogen-bond acceptors (Lipinski definition) is 3. The maximum atomic E-state index is 10.3.